The largest absolute Gasteiger partial charge is 0.493 e. The maximum atomic E-state index is 12.2. The summed E-state index contributed by atoms with van der Waals surface area (Å²) in [6.45, 7) is 2.22. The van der Waals surface area contributed by atoms with E-state index in [4.69, 9.17) is 15.2 Å². The van der Waals surface area contributed by atoms with E-state index in [9.17, 15) is 8.42 Å². The molecular weight excluding hydrogens is 495 g/mol. The van der Waals surface area contributed by atoms with Gasteiger partial charge in [-0.25, -0.2) is 13.1 Å². The van der Waals surface area contributed by atoms with Gasteiger partial charge in [-0.2, -0.15) is 0 Å². The summed E-state index contributed by atoms with van der Waals surface area (Å²) >= 11 is 0. The van der Waals surface area contributed by atoms with E-state index < -0.39 is 10.0 Å². The van der Waals surface area contributed by atoms with Gasteiger partial charge in [0.15, 0.2) is 17.5 Å². The molecule has 0 aliphatic carbocycles. The highest BCUT2D eigenvalue weighted by molar-refractivity contribution is 14.0. The molecule has 8 nitrogen and oxygen atoms in total. The highest BCUT2D eigenvalue weighted by Gasteiger charge is 2.12. The third kappa shape index (κ3) is 6.84. The van der Waals surface area contributed by atoms with Gasteiger partial charge in [0.2, 0.25) is 10.0 Å². The molecule has 0 heterocycles. The second-order valence-electron chi connectivity index (χ2n) is 5.67. The van der Waals surface area contributed by atoms with Gasteiger partial charge < -0.3 is 20.5 Å². The van der Waals surface area contributed by atoms with E-state index >= 15 is 0 Å². The molecular formula is C18H25IN4O4S. The Balaban J connectivity index is 0.00000392. The molecule has 0 aromatic heterocycles. The molecule has 2 aromatic carbocycles. The number of rotatable bonds is 8. The summed E-state index contributed by atoms with van der Waals surface area (Å²) in [7, 11) is -0.467. The Kier molecular flexibility index (Phi) is 9.49. The van der Waals surface area contributed by atoms with Crippen LogP contribution in [0.4, 0.5) is 5.69 Å². The molecule has 0 aliphatic rings. The average Bonchev–Trinajstić information content (AvgIpc) is 2.65. The Morgan fingerprint density at radius 3 is 2.32 bits per heavy atom. The van der Waals surface area contributed by atoms with E-state index in [1.807, 2.05) is 6.92 Å². The zero-order valence-electron chi connectivity index (χ0n) is 15.9. The number of sulfonamides is 1. The van der Waals surface area contributed by atoms with Crippen LogP contribution in [0, 0.1) is 6.92 Å². The van der Waals surface area contributed by atoms with Crippen LogP contribution < -0.4 is 25.2 Å². The fourth-order valence-electron chi connectivity index (χ4n) is 2.26. The fraction of sp³-hybridized carbons (Fsp3) is 0.278. The number of aryl methyl sites for hydroxylation is 1. The zero-order chi connectivity index (χ0) is 19.9. The van der Waals surface area contributed by atoms with Crippen molar-refractivity contribution in [3.63, 3.8) is 0 Å². The van der Waals surface area contributed by atoms with E-state index in [2.05, 4.69) is 15.0 Å². The maximum absolute atomic E-state index is 12.2. The van der Waals surface area contributed by atoms with Gasteiger partial charge in [0.05, 0.1) is 25.7 Å². The van der Waals surface area contributed by atoms with Gasteiger partial charge >= 0.3 is 0 Å². The molecule has 0 saturated heterocycles. The highest BCUT2D eigenvalue weighted by Crippen LogP contribution is 2.29. The Bertz CT molecular complexity index is 902. The minimum Gasteiger partial charge on any atom is -0.493 e. The molecule has 2 rings (SSSR count). The minimum absolute atomic E-state index is 0. The molecule has 2 aromatic rings. The van der Waals surface area contributed by atoms with Crippen LogP contribution >= 0.6 is 24.0 Å². The van der Waals surface area contributed by atoms with Crippen LogP contribution in [-0.2, 0) is 10.0 Å². The van der Waals surface area contributed by atoms with E-state index in [1.54, 1.807) is 56.7 Å². The van der Waals surface area contributed by atoms with Crippen molar-refractivity contribution in [3.8, 4) is 11.5 Å². The summed E-state index contributed by atoms with van der Waals surface area (Å²) in [5.74, 6) is 1.32. The Morgan fingerprint density at radius 2 is 1.71 bits per heavy atom. The number of aliphatic imine (C=N–C) groups is 1. The van der Waals surface area contributed by atoms with Crippen molar-refractivity contribution in [1.29, 1.82) is 0 Å². The van der Waals surface area contributed by atoms with Gasteiger partial charge in [0.1, 0.15) is 0 Å². The zero-order valence-corrected chi connectivity index (χ0v) is 19.1. The van der Waals surface area contributed by atoms with E-state index in [-0.39, 0.29) is 47.9 Å². The SMILES string of the molecule is COc1ccc(NC(N)=NCCNS(=O)(=O)c2ccc(C)cc2)cc1OC.I. The first-order valence-electron chi connectivity index (χ1n) is 8.21. The van der Waals surface area contributed by atoms with Gasteiger partial charge in [-0.05, 0) is 31.2 Å². The average molecular weight is 520 g/mol. The lowest BCUT2D eigenvalue weighted by molar-refractivity contribution is 0.355. The van der Waals surface area contributed by atoms with Crippen molar-refractivity contribution >= 4 is 45.6 Å². The molecule has 0 bridgehead atoms. The summed E-state index contributed by atoms with van der Waals surface area (Å²) < 4.78 is 37.2. The number of hydrogen-bond donors (Lipinski definition) is 3. The fourth-order valence-corrected chi connectivity index (χ4v) is 3.28. The monoisotopic (exact) mass is 520 g/mol. The number of nitrogens with zero attached hydrogens (tertiary/aromatic N) is 1. The molecule has 0 fully saturated rings. The van der Waals surface area contributed by atoms with Crippen molar-refractivity contribution in [2.24, 2.45) is 10.7 Å². The number of methoxy groups -OCH3 is 2. The molecule has 28 heavy (non-hydrogen) atoms. The lowest BCUT2D eigenvalue weighted by Crippen LogP contribution is -2.28. The summed E-state index contributed by atoms with van der Waals surface area (Å²) in [4.78, 5) is 4.33. The van der Waals surface area contributed by atoms with Crippen molar-refractivity contribution < 1.29 is 17.9 Å². The first kappa shape index (κ1) is 24.0. The summed E-state index contributed by atoms with van der Waals surface area (Å²) in [5.41, 5.74) is 7.50. The molecule has 0 atom stereocenters. The van der Waals surface area contributed by atoms with Gasteiger partial charge in [0.25, 0.3) is 0 Å². The predicted octanol–water partition coefficient (Wildman–Crippen LogP) is 2.34. The number of halogens is 1. The summed E-state index contributed by atoms with van der Waals surface area (Å²) in [6, 6.07) is 11.9. The highest BCUT2D eigenvalue weighted by atomic mass is 127. The molecule has 0 unspecified atom stereocenters. The second kappa shape index (κ2) is 11.1. The van der Waals surface area contributed by atoms with Crippen molar-refractivity contribution in [2.75, 3.05) is 32.6 Å². The quantitative estimate of drug-likeness (QED) is 0.213. The molecule has 10 heteroatoms. The normalized spacial score (nSPS) is 11.5. The molecule has 0 spiro atoms. The number of ether oxygens (including phenoxy) is 2. The first-order valence-corrected chi connectivity index (χ1v) is 9.69. The number of guanidine groups is 1. The van der Waals surface area contributed by atoms with Crippen molar-refractivity contribution in [3.05, 3.63) is 48.0 Å². The molecule has 0 aliphatic heterocycles. The smallest absolute Gasteiger partial charge is 0.240 e. The van der Waals surface area contributed by atoms with Gasteiger partial charge in [-0.15, -0.1) is 24.0 Å². The van der Waals surface area contributed by atoms with Crippen LogP contribution in [0.1, 0.15) is 5.56 Å². The van der Waals surface area contributed by atoms with Gasteiger partial charge in [-0.3, -0.25) is 4.99 Å². The first-order chi connectivity index (χ1) is 12.9. The van der Waals surface area contributed by atoms with E-state index in [0.29, 0.717) is 17.2 Å². The molecule has 0 saturated carbocycles. The predicted molar refractivity (Wildman–Crippen MR) is 121 cm³/mol. The summed E-state index contributed by atoms with van der Waals surface area (Å²) in [5, 5.41) is 2.92. The third-order valence-corrected chi connectivity index (χ3v) is 5.15. The number of nitrogens with one attached hydrogen (secondary N) is 2. The number of nitrogens with two attached hydrogens (primary N) is 1. The molecule has 154 valence electrons. The van der Waals surface area contributed by atoms with Crippen LogP contribution in [0.3, 0.4) is 0 Å². The van der Waals surface area contributed by atoms with Crippen LogP contribution in [0.2, 0.25) is 0 Å². The van der Waals surface area contributed by atoms with Crippen LogP contribution in [-0.4, -0.2) is 41.7 Å². The van der Waals surface area contributed by atoms with E-state index in [0.717, 1.165) is 5.56 Å². The topological polar surface area (TPSA) is 115 Å². The van der Waals surface area contributed by atoms with Crippen molar-refractivity contribution in [2.45, 2.75) is 11.8 Å². The van der Waals surface area contributed by atoms with Crippen LogP contribution in [0.15, 0.2) is 52.4 Å². The Labute approximate surface area is 182 Å². The Hall–Kier alpha value is -2.05. The molecule has 0 amide bonds. The third-order valence-electron chi connectivity index (χ3n) is 3.67. The lowest BCUT2D eigenvalue weighted by Gasteiger charge is -2.11. The number of anilines is 1. The van der Waals surface area contributed by atoms with Crippen LogP contribution in [0.25, 0.3) is 0 Å². The molecule has 4 N–H and O–H groups in total. The standard InChI is InChI=1S/C18H24N4O4S.HI/c1-13-4-7-15(8-5-13)27(23,24)21-11-10-20-18(19)22-14-6-9-16(25-2)17(12-14)26-3;/h4-9,12,21H,10-11H2,1-3H3,(H3,19,20,22);1H. The summed E-state index contributed by atoms with van der Waals surface area (Å²) in [6.07, 6.45) is 0. The van der Waals surface area contributed by atoms with Crippen LogP contribution in [0.5, 0.6) is 11.5 Å². The minimum atomic E-state index is -3.56. The second-order valence-corrected chi connectivity index (χ2v) is 7.44. The van der Waals surface area contributed by atoms with E-state index in [1.165, 1.54) is 0 Å². The maximum Gasteiger partial charge on any atom is 0.240 e. The van der Waals surface area contributed by atoms with Gasteiger partial charge in [-0.1, -0.05) is 17.7 Å². The number of hydrogen-bond acceptors (Lipinski definition) is 5. The molecule has 0 radical (unpaired) electrons. The number of benzene rings is 2. The van der Waals surface area contributed by atoms with Crippen molar-refractivity contribution in [1.82, 2.24) is 4.72 Å². The Morgan fingerprint density at radius 1 is 1.07 bits per heavy atom. The van der Waals surface area contributed by atoms with Gasteiger partial charge in [0, 0.05) is 18.3 Å². The lowest BCUT2D eigenvalue weighted by atomic mass is 10.2.